The van der Waals surface area contributed by atoms with Crippen LogP contribution in [0.3, 0.4) is 0 Å². The Labute approximate surface area is 146 Å². The largest absolute Gasteiger partial charge is 0.490 e. The van der Waals surface area contributed by atoms with E-state index in [1.165, 1.54) is 16.7 Å². The molecule has 2 nitrogen and oxygen atoms in total. The van der Waals surface area contributed by atoms with Crippen molar-refractivity contribution < 1.29 is 4.74 Å². The molecule has 0 aromatic heterocycles. The van der Waals surface area contributed by atoms with E-state index in [4.69, 9.17) is 4.74 Å². The Hall–Kier alpha value is -1.80. The SMILES string of the molecule is Cc1cccc(CC(C)c2ccc(OC3CCN(C)CC3)cc2)c1. The molecule has 0 amide bonds. The van der Waals surface area contributed by atoms with Gasteiger partial charge in [-0.05, 0) is 62.4 Å². The van der Waals surface area contributed by atoms with Gasteiger partial charge >= 0.3 is 0 Å². The van der Waals surface area contributed by atoms with Crippen molar-refractivity contribution >= 4 is 0 Å². The number of hydrogen-bond donors (Lipinski definition) is 0. The summed E-state index contributed by atoms with van der Waals surface area (Å²) in [5.41, 5.74) is 4.13. The first-order valence-corrected chi connectivity index (χ1v) is 9.11. The highest BCUT2D eigenvalue weighted by Crippen LogP contribution is 2.25. The highest BCUT2D eigenvalue weighted by atomic mass is 16.5. The molecule has 0 saturated carbocycles. The maximum absolute atomic E-state index is 6.15. The molecule has 128 valence electrons. The van der Waals surface area contributed by atoms with Crippen LogP contribution in [-0.4, -0.2) is 31.1 Å². The van der Waals surface area contributed by atoms with Gasteiger partial charge in [0.2, 0.25) is 0 Å². The molecule has 3 rings (SSSR count). The van der Waals surface area contributed by atoms with Gasteiger partial charge in [-0.1, -0.05) is 48.9 Å². The smallest absolute Gasteiger partial charge is 0.119 e. The molecule has 1 atom stereocenters. The molecule has 0 N–H and O–H groups in total. The van der Waals surface area contributed by atoms with Crippen LogP contribution in [0.4, 0.5) is 0 Å². The van der Waals surface area contributed by atoms with Gasteiger partial charge in [-0.3, -0.25) is 0 Å². The topological polar surface area (TPSA) is 12.5 Å². The van der Waals surface area contributed by atoms with E-state index in [1.807, 2.05) is 0 Å². The Morgan fingerprint density at radius 1 is 1.08 bits per heavy atom. The zero-order chi connectivity index (χ0) is 16.9. The van der Waals surface area contributed by atoms with Gasteiger partial charge in [0.25, 0.3) is 0 Å². The third-order valence-corrected chi connectivity index (χ3v) is 5.04. The summed E-state index contributed by atoms with van der Waals surface area (Å²) in [5.74, 6) is 1.53. The lowest BCUT2D eigenvalue weighted by molar-refractivity contribution is 0.114. The van der Waals surface area contributed by atoms with E-state index in [2.05, 4.69) is 74.3 Å². The number of benzene rings is 2. The second-order valence-corrected chi connectivity index (χ2v) is 7.28. The lowest BCUT2D eigenvalue weighted by Gasteiger charge is -2.29. The standard InChI is InChI=1S/C22H29NO/c1-17-5-4-6-19(15-17)16-18(2)20-7-9-21(10-8-20)24-22-11-13-23(3)14-12-22/h4-10,15,18,22H,11-14,16H2,1-3H3. The molecule has 0 spiro atoms. The molecular weight excluding hydrogens is 294 g/mol. The van der Waals surface area contributed by atoms with Crippen LogP contribution in [0.25, 0.3) is 0 Å². The van der Waals surface area contributed by atoms with Crippen LogP contribution in [0.1, 0.15) is 42.4 Å². The van der Waals surface area contributed by atoms with E-state index in [0.717, 1.165) is 38.1 Å². The first-order valence-electron chi connectivity index (χ1n) is 9.11. The van der Waals surface area contributed by atoms with Crippen molar-refractivity contribution in [2.24, 2.45) is 0 Å². The summed E-state index contributed by atoms with van der Waals surface area (Å²) in [6.45, 7) is 6.73. The minimum absolute atomic E-state index is 0.372. The predicted molar refractivity (Wildman–Crippen MR) is 101 cm³/mol. The van der Waals surface area contributed by atoms with E-state index >= 15 is 0 Å². The fourth-order valence-electron chi connectivity index (χ4n) is 3.48. The molecule has 1 saturated heterocycles. The molecule has 0 radical (unpaired) electrons. The van der Waals surface area contributed by atoms with Crippen molar-refractivity contribution in [3.8, 4) is 5.75 Å². The Balaban J connectivity index is 1.57. The van der Waals surface area contributed by atoms with Gasteiger partial charge in [0.1, 0.15) is 11.9 Å². The quantitative estimate of drug-likeness (QED) is 0.782. The number of ether oxygens (including phenoxy) is 1. The summed E-state index contributed by atoms with van der Waals surface area (Å²) in [6.07, 6.45) is 3.71. The van der Waals surface area contributed by atoms with E-state index in [0.29, 0.717) is 12.0 Å². The van der Waals surface area contributed by atoms with Crippen LogP contribution in [0.5, 0.6) is 5.75 Å². The lowest BCUT2D eigenvalue weighted by Crippen LogP contribution is -2.35. The Morgan fingerprint density at radius 2 is 1.79 bits per heavy atom. The predicted octanol–water partition coefficient (Wildman–Crippen LogP) is 4.81. The minimum Gasteiger partial charge on any atom is -0.490 e. The van der Waals surface area contributed by atoms with Crippen LogP contribution >= 0.6 is 0 Å². The highest BCUT2D eigenvalue weighted by Gasteiger charge is 2.18. The average molecular weight is 323 g/mol. The highest BCUT2D eigenvalue weighted by molar-refractivity contribution is 5.31. The molecule has 2 aromatic rings. The minimum atomic E-state index is 0.372. The maximum atomic E-state index is 6.15. The van der Waals surface area contributed by atoms with Crippen LogP contribution in [0.15, 0.2) is 48.5 Å². The fraction of sp³-hybridized carbons (Fsp3) is 0.455. The molecule has 1 aliphatic rings. The van der Waals surface area contributed by atoms with Gasteiger partial charge in [0.15, 0.2) is 0 Å². The summed E-state index contributed by atoms with van der Waals surface area (Å²) in [7, 11) is 2.18. The molecule has 1 fully saturated rings. The van der Waals surface area contributed by atoms with Gasteiger partial charge < -0.3 is 9.64 Å². The zero-order valence-corrected chi connectivity index (χ0v) is 15.2. The summed E-state index contributed by atoms with van der Waals surface area (Å²) in [4.78, 5) is 2.37. The normalized spacial score (nSPS) is 17.6. The maximum Gasteiger partial charge on any atom is 0.119 e. The lowest BCUT2D eigenvalue weighted by atomic mass is 9.93. The van der Waals surface area contributed by atoms with E-state index in [1.54, 1.807) is 0 Å². The number of nitrogens with zero attached hydrogens (tertiary/aromatic N) is 1. The summed E-state index contributed by atoms with van der Waals surface area (Å²) < 4.78 is 6.15. The first-order chi connectivity index (χ1) is 11.6. The third kappa shape index (κ3) is 4.61. The second-order valence-electron chi connectivity index (χ2n) is 7.28. The van der Waals surface area contributed by atoms with E-state index < -0.39 is 0 Å². The Kier molecular flexibility index (Phi) is 5.57. The number of aryl methyl sites for hydroxylation is 1. The van der Waals surface area contributed by atoms with Crippen LogP contribution in [-0.2, 0) is 6.42 Å². The van der Waals surface area contributed by atoms with Crippen LogP contribution in [0.2, 0.25) is 0 Å². The average Bonchev–Trinajstić information content (AvgIpc) is 2.57. The van der Waals surface area contributed by atoms with E-state index in [-0.39, 0.29) is 0 Å². The summed E-state index contributed by atoms with van der Waals surface area (Å²) >= 11 is 0. The molecule has 0 aliphatic carbocycles. The van der Waals surface area contributed by atoms with Crippen LogP contribution in [0, 0.1) is 6.92 Å². The van der Waals surface area contributed by atoms with Crippen molar-refractivity contribution in [3.63, 3.8) is 0 Å². The molecular formula is C22H29NO. The van der Waals surface area contributed by atoms with Gasteiger partial charge in [-0.15, -0.1) is 0 Å². The van der Waals surface area contributed by atoms with Crippen molar-refractivity contribution in [3.05, 3.63) is 65.2 Å². The third-order valence-electron chi connectivity index (χ3n) is 5.04. The van der Waals surface area contributed by atoms with Crippen molar-refractivity contribution in [1.29, 1.82) is 0 Å². The monoisotopic (exact) mass is 323 g/mol. The summed E-state index contributed by atoms with van der Waals surface area (Å²) in [6, 6.07) is 17.5. The van der Waals surface area contributed by atoms with Gasteiger partial charge in [0.05, 0.1) is 0 Å². The van der Waals surface area contributed by atoms with Gasteiger partial charge in [-0.2, -0.15) is 0 Å². The second kappa shape index (κ2) is 7.85. The zero-order valence-electron chi connectivity index (χ0n) is 15.2. The summed E-state index contributed by atoms with van der Waals surface area (Å²) in [5, 5.41) is 0. The number of piperidine rings is 1. The molecule has 1 unspecified atom stereocenters. The van der Waals surface area contributed by atoms with Gasteiger partial charge in [-0.25, -0.2) is 0 Å². The van der Waals surface area contributed by atoms with Crippen LogP contribution < -0.4 is 4.74 Å². The molecule has 1 heterocycles. The Bertz CT molecular complexity index is 641. The first kappa shape index (κ1) is 17.0. The molecule has 1 aliphatic heterocycles. The molecule has 2 aromatic carbocycles. The van der Waals surface area contributed by atoms with E-state index in [9.17, 15) is 0 Å². The Morgan fingerprint density at radius 3 is 2.46 bits per heavy atom. The molecule has 0 bridgehead atoms. The number of hydrogen-bond acceptors (Lipinski definition) is 2. The fourth-order valence-corrected chi connectivity index (χ4v) is 3.48. The number of rotatable bonds is 5. The van der Waals surface area contributed by atoms with Crippen molar-refractivity contribution in [1.82, 2.24) is 4.90 Å². The van der Waals surface area contributed by atoms with Gasteiger partial charge in [0, 0.05) is 13.1 Å². The molecule has 2 heteroatoms. The molecule has 24 heavy (non-hydrogen) atoms. The van der Waals surface area contributed by atoms with Crippen molar-refractivity contribution in [2.75, 3.05) is 20.1 Å². The van der Waals surface area contributed by atoms with Crippen molar-refractivity contribution in [2.45, 2.75) is 45.1 Å². The number of likely N-dealkylation sites (tertiary alicyclic amines) is 1.